The van der Waals surface area contributed by atoms with E-state index < -0.39 is 5.97 Å². The number of pyridine rings is 1. The molecule has 0 aliphatic rings. The Balaban J connectivity index is 2.72. The van der Waals surface area contributed by atoms with Crippen LogP contribution in [0.25, 0.3) is 0 Å². The molecule has 1 aromatic heterocycles. The second-order valence-electron chi connectivity index (χ2n) is 2.24. The monoisotopic (exact) mass is 239 g/mol. The first-order valence-electron chi connectivity index (χ1n) is 3.50. The Bertz CT molecular complexity index is 379. The predicted molar refractivity (Wildman–Crippen MR) is 51.1 cm³/mol. The molecule has 1 N–H and O–H groups in total. The van der Waals surface area contributed by atoms with Crippen molar-refractivity contribution >= 4 is 21.9 Å². The minimum Gasteiger partial charge on any atom is -0.481 e. The SMILES string of the molecule is O=C(O)CC#Cc1ccnc(Br)c1. The highest BCUT2D eigenvalue weighted by molar-refractivity contribution is 9.10. The summed E-state index contributed by atoms with van der Waals surface area (Å²) < 4.78 is 0.689. The van der Waals surface area contributed by atoms with Crippen LogP contribution >= 0.6 is 15.9 Å². The van der Waals surface area contributed by atoms with Gasteiger partial charge >= 0.3 is 5.97 Å². The van der Waals surface area contributed by atoms with Gasteiger partial charge in [-0.2, -0.15) is 0 Å². The average Bonchev–Trinajstić information content (AvgIpc) is 2.03. The van der Waals surface area contributed by atoms with Crippen molar-refractivity contribution in [1.29, 1.82) is 0 Å². The molecule has 3 nitrogen and oxygen atoms in total. The fraction of sp³-hybridized carbons (Fsp3) is 0.111. The number of aromatic nitrogens is 1. The number of carbonyl (C=O) groups is 1. The van der Waals surface area contributed by atoms with Crippen LogP contribution < -0.4 is 0 Å². The van der Waals surface area contributed by atoms with Gasteiger partial charge in [-0.1, -0.05) is 11.8 Å². The Morgan fingerprint density at radius 2 is 2.46 bits per heavy atom. The minimum absolute atomic E-state index is 0.139. The Labute approximate surface area is 83.9 Å². The molecule has 1 rings (SSSR count). The lowest BCUT2D eigenvalue weighted by Gasteiger charge is -1.89. The van der Waals surface area contributed by atoms with Crippen molar-refractivity contribution in [2.75, 3.05) is 0 Å². The number of hydrogen-bond acceptors (Lipinski definition) is 2. The number of rotatable bonds is 1. The van der Waals surface area contributed by atoms with Crippen LogP contribution in [0.4, 0.5) is 0 Å². The quantitative estimate of drug-likeness (QED) is 0.600. The van der Waals surface area contributed by atoms with Crippen LogP contribution in [0, 0.1) is 11.8 Å². The molecule has 0 aliphatic carbocycles. The summed E-state index contributed by atoms with van der Waals surface area (Å²) in [6.07, 6.45) is 1.47. The first-order valence-corrected chi connectivity index (χ1v) is 4.30. The van der Waals surface area contributed by atoms with E-state index in [0.29, 0.717) is 4.60 Å². The summed E-state index contributed by atoms with van der Waals surface area (Å²) >= 11 is 3.19. The molecule has 66 valence electrons. The largest absolute Gasteiger partial charge is 0.481 e. The fourth-order valence-corrected chi connectivity index (χ4v) is 1.07. The third-order valence-electron chi connectivity index (χ3n) is 1.20. The third-order valence-corrected chi connectivity index (χ3v) is 1.63. The van der Waals surface area contributed by atoms with Crippen molar-refractivity contribution in [3.8, 4) is 11.8 Å². The molecule has 0 aliphatic heterocycles. The molecule has 0 saturated heterocycles. The molecule has 1 heterocycles. The van der Waals surface area contributed by atoms with Crippen molar-refractivity contribution in [3.05, 3.63) is 28.5 Å². The lowest BCUT2D eigenvalue weighted by molar-refractivity contribution is -0.135. The van der Waals surface area contributed by atoms with Gasteiger partial charge in [-0.05, 0) is 28.1 Å². The van der Waals surface area contributed by atoms with Gasteiger partial charge in [0.1, 0.15) is 11.0 Å². The molecule has 1 aromatic rings. The molecule has 0 bridgehead atoms. The van der Waals surface area contributed by atoms with Gasteiger partial charge in [-0.15, -0.1) is 0 Å². The van der Waals surface area contributed by atoms with Gasteiger partial charge in [0.15, 0.2) is 0 Å². The van der Waals surface area contributed by atoms with Gasteiger partial charge in [0.05, 0.1) is 0 Å². The summed E-state index contributed by atoms with van der Waals surface area (Å²) in [5.74, 6) is 4.33. The van der Waals surface area contributed by atoms with Gasteiger partial charge in [0.25, 0.3) is 0 Å². The smallest absolute Gasteiger partial charge is 0.315 e. The van der Waals surface area contributed by atoms with E-state index in [4.69, 9.17) is 5.11 Å². The molecule has 0 aromatic carbocycles. The van der Waals surface area contributed by atoms with Crippen LogP contribution in [0.15, 0.2) is 22.9 Å². The summed E-state index contributed by atoms with van der Waals surface area (Å²) in [7, 11) is 0. The van der Waals surface area contributed by atoms with E-state index in [2.05, 4.69) is 32.8 Å². The Hall–Kier alpha value is -1.34. The second kappa shape index (κ2) is 4.63. The zero-order chi connectivity index (χ0) is 9.68. The van der Waals surface area contributed by atoms with Gasteiger partial charge < -0.3 is 5.11 Å². The molecule has 13 heavy (non-hydrogen) atoms. The van der Waals surface area contributed by atoms with E-state index in [1.807, 2.05) is 0 Å². The first-order chi connectivity index (χ1) is 6.18. The highest BCUT2D eigenvalue weighted by Crippen LogP contribution is 2.06. The molecule has 4 heteroatoms. The van der Waals surface area contributed by atoms with Crippen LogP contribution in [0.2, 0.25) is 0 Å². The van der Waals surface area contributed by atoms with Crippen molar-refractivity contribution in [2.45, 2.75) is 6.42 Å². The zero-order valence-electron chi connectivity index (χ0n) is 6.62. The molecule has 0 saturated carbocycles. The number of carboxylic acids is 1. The standard InChI is InChI=1S/C9H6BrNO2/c10-8-6-7(4-5-11-8)2-1-3-9(12)13/h4-6H,3H2,(H,12,13). The summed E-state index contributed by atoms with van der Waals surface area (Å²) in [5.41, 5.74) is 0.753. The molecule has 0 atom stereocenters. The highest BCUT2D eigenvalue weighted by Gasteiger charge is 1.91. The first kappa shape index (κ1) is 9.75. The van der Waals surface area contributed by atoms with E-state index >= 15 is 0 Å². The number of nitrogens with zero attached hydrogens (tertiary/aromatic N) is 1. The average molecular weight is 240 g/mol. The maximum Gasteiger partial charge on any atom is 0.315 e. The fourth-order valence-electron chi connectivity index (χ4n) is 0.702. The number of halogens is 1. The molecule has 0 unspecified atom stereocenters. The van der Waals surface area contributed by atoms with E-state index in [0.717, 1.165) is 5.56 Å². The normalized spacial score (nSPS) is 8.69. The Morgan fingerprint density at radius 1 is 1.69 bits per heavy atom. The van der Waals surface area contributed by atoms with E-state index in [9.17, 15) is 4.79 Å². The van der Waals surface area contributed by atoms with Crippen LogP contribution in [0.1, 0.15) is 12.0 Å². The van der Waals surface area contributed by atoms with Gasteiger partial charge in [0.2, 0.25) is 0 Å². The van der Waals surface area contributed by atoms with Crippen LogP contribution in [-0.2, 0) is 4.79 Å². The summed E-state index contributed by atoms with van der Waals surface area (Å²) in [6, 6.07) is 3.45. The van der Waals surface area contributed by atoms with Crippen LogP contribution in [0.5, 0.6) is 0 Å². The zero-order valence-corrected chi connectivity index (χ0v) is 8.21. The molecule has 0 radical (unpaired) electrons. The molecule has 0 fully saturated rings. The molecular weight excluding hydrogens is 234 g/mol. The van der Waals surface area contributed by atoms with Gasteiger partial charge in [-0.3, -0.25) is 4.79 Å². The Kier molecular flexibility index (Phi) is 3.47. The Morgan fingerprint density at radius 3 is 3.08 bits per heavy atom. The molecule has 0 amide bonds. The second-order valence-corrected chi connectivity index (χ2v) is 3.05. The number of hydrogen-bond donors (Lipinski definition) is 1. The number of aliphatic carboxylic acids is 1. The highest BCUT2D eigenvalue weighted by atomic mass is 79.9. The lowest BCUT2D eigenvalue weighted by atomic mass is 10.2. The van der Waals surface area contributed by atoms with Crippen molar-refractivity contribution in [1.82, 2.24) is 4.98 Å². The van der Waals surface area contributed by atoms with E-state index in [-0.39, 0.29) is 6.42 Å². The topological polar surface area (TPSA) is 50.2 Å². The van der Waals surface area contributed by atoms with Crippen molar-refractivity contribution < 1.29 is 9.90 Å². The maximum atomic E-state index is 10.1. The van der Waals surface area contributed by atoms with Crippen LogP contribution in [0.3, 0.4) is 0 Å². The number of carboxylic acid groups (broad SMARTS) is 1. The lowest BCUT2D eigenvalue weighted by Crippen LogP contribution is -1.90. The third kappa shape index (κ3) is 3.72. The maximum absolute atomic E-state index is 10.1. The van der Waals surface area contributed by atoms with E-state index in [1.54, 1.807) is 18.3 Å². The van der Waals surface area contributed by atoms with Crippen molar-refractivity contribution in [2.24, 2.45) is 0 Å². The van der Waals surface area contributed by atoms with Crippen LogP contribution in [-0.4, -0.2) is 16.1 Å². The van der Waals surface area contributed by atoms with E-state index in [1.165, 1.54) is 0 Å². The van der Waals surface area contributed by atoms with Gasteiger partial charge in [0, 0.05) is 11.8 Å². The molecular formula is C9H6BrNO2. The summed E-state index contributed by atoms with van der Waals surface area (Å²) in [6.45, 7) is 0. The predicted octanol–water partition coefficient (Wildman–Crippen LogP) is 1.67. The summed E-state index contributed by atoms with van der Waals surface area (Å²) in [4.78, 5) is 14.0. The van der Waals surface area contributed by atoms with Crippen molar-refractivity contribution in [3.63, 3.8) is 0 Å². The summed E-state index contributed by atoms with van der Waals surface area (Å²) in [5, 5.41) is 8.32. The minimum atomic E-state index is -0.916. The van der Waals surface area contributed by atoms with Gasteiger partial charge in [-0.25, -0.2) is 4.98 Å². The molecule has 0 spiro atoms.